The van der Waals surface area contributed by atoms with E-state index in [4.69, 9.17) is 0 Å². The van der Waals surface area contributed by atoms with Gasteiger partial charge in [-0.15, -0.1) is 5.45 Å². The van der Waals surface area contributed by atoms with Gasteiger partial charge in [-0.1, -0.05) is 95.0 Å². The van der Waals surface area contributed by atoms with Gasteiger partial charge in [0, 0.05) is 0 Å². The molecule has 3 saturated carbocycles. The Hall–Kier alpha value is 0.503. The number of hydrogen-bond acceptors (Lipinski definition) is 0. The van der Waals surface area contributed by atoms with Gasteiger partial charge in [-0.25, -0.2) is 0 Å². The molecule has 170 valence electrons. The monoisotopic (exact) mass is 554 g/mol. The van der Waals surface area contributed by atoms with Crippen molar-refractivity contribution in [3.63, 3.8) is 0 Å². The molecular weight excluding hydrogens is 515 g/mol. The van der Waals surface area contributed by atoms with Crippen LogP contribution in [0.5, 0.6) is 0 Å². The van der Waals surface area contributed by atoms with Gasteiger partial charge in [-0.05, 0) is 67.1 Å². The fourth-order valence-electron chi connectivity index (χ4n) is 6.47. The van der Waals surface area contributed by atoms with Crippen LogP contribution in [0.1, 0.15) is 102 Å². The minimum Gasteiger partial charge on any atom is -1.00 e. The van der Waals surface area contributed by atoms with Gasteiger partial charge >= 0.3 is 19.5 Å². The zero-order valence-corrected chi connectivity index (χ0v) is 22.5. The topological polar surface area (TPSA) is 0 Å². The summed E-state index contributed by atoms with van der Waals surface area (Å²) < 4.78 is 0. The Bertz CT molecular complexity index is 613. The third-order valence-corrected chi connectivity index (χ3v) is 13.5. The van der Waals surface area contributed by atoms with Gasteiger partial charge in [0.25, 0.3) is 0 Å². The van der Waals surface area contributed by atoms with E-state index in [1.165, 1.54) is 102 Å². The molecule has 1 aromatic rings. The summed E-state index contributed by atoms with van der Waals surface area (Å²) in [4.78, 5) is 0. The Kier molecular flexibility index (Phi) is 13.9. The third kappa shape index (κ3) is 6.75. The first-order chi connectivity index (χ1) is 13.4. The van der Waals surface area contributed by atoms with Gasteiger partial charge in [-0.2, -0.15) is 0 Å². The van der Waals surface area contributed by atoms with Crippen LogP contribution in [-0.4, -0.2) is 22.4 Å². The van der Waals surface area contributed by atoms with Gasteiger partial charge in [0.2, 0.25) is 0 Å². The molecule has 0 unspecified atom stereocenters. The molecule has 3 fully saturated rings. The quantitative estimate of drug-likeness (QED) is 0.396. The number of hydrogen-bond donors (Lipinski definition) is 0. The smallest absolute Gasteiger partial charge is 1.00 e. The summed E-state index contributed by atoms with van der Waals surface area (Å²) in [5, 5.41) is 0. The van der Waals surface area contributed by atoms with E-state index >= 15 is 0 Å². The van der Waals surface area contributed by atoms with Crippen LogP contribution in [-0.2, 0) is 19.5 Å². The second-order valence-electron chi connectivity index (χ2n) is 9.39. The van der Waals surface area contributed by atoms with Crippen LogP contribution in [0.15, 0.2) is 30.3 Å². The molecule has 1 aromatic carbocycles. The van der Waals surface area contributed by atoms with Crippen LogP contribution in [0.25, 0.3) is 6.08 Å². The van der Waals surface area contributed by atoms with Crippen LogP contribution in [0, 0.1) is 0 Å². The Morgan fingerprint density at radius 1 is 0.600 bits per heavy atom. The van der Waals surface area contributed by atoms with Crippen molar-refractivity contribution in [1.82, 2.24) is 0 Å². The summed E-state index contributed by atoms with van der Waals surface area (Å²) >= 11 is 0. The van der Waals surface area contributed by atoms with Crippen molar-refractivity contribution in [3.8, 4) is 0 Å². The first-order valence-electron chi connectivity index (χ1n) is 11.9. The summed E-state index contributed by atoms with van der Waals surface area (Å²) in [6.07, 6.45) is 24.9. The SMILES string of the molecule is C(=Cc1ccccc1)=P(C1CCCCC1)(C1CCCCC1)C1CCCCC1.[Cl-].[Cl-].[Ru+2]. The largest absolute Gasteiger partial charge is 2.00 e. The summed E-state index contributed by atoms with van der Waals surface area (Å²) in [6, 6.07) is 11.1. The number of rotatable bonds is 4. The number of halogens is 2. The van der Waals surface area contributed by atoms with Crippen LogP contribution in [0.2, 0.25) is 0 Å². The molecule has 0 nitrogen and oxygen atoms in total. The summed E-state index contributed by atoms with van der Waals surface area (Å²) in [5.41, 5.74) is 8.72. The molecule has 0 amide bonds. The van der Waals surface area contributed by atoms with Crippen LogP contribution < -0.4 is 24.8 Å². The molecule has 0 heterocycles. The minimum absolute atomic E-state index is 0. The zero-order valence-electron chi connectivity index (χ0n) is 18.4. The fraction of sp³-hybridized carbons (Fsp3) is 0.692. The van der Waals surface area contributed by atoms with Crippen LogP contribution >= 0.6 is 6.89 Å². The van der Waals surface area contributed by atoms with Crippen LogP contribution in [0.4, 0.5) is 0 Å². The van der Waals surface area contributed by atoms with Crippen molar-refractivity contribution >= 4 is 18.4 Å². The average Bonchev–Trinajstić information content (AvgIpc) is 2.77. The first-order valence-corrected chi connectivity index (χ1v) is 13.9. The molecular formula is C26H39Cl2PRu. The molecule has 0 bridgehead atoms. The molecule has 0 N–H and O–H groups in total. The van der Waals surface area contributed by atoms with Gasteiger partial charge in [0.1, 0.15) is 0 Å². The van der Waals surface area contributed by atoms with E-state index in [-0.39, 0.29) is 44.3 Å². The van der Waals surface area contributed by atoms with E-state index < -0.39 is 6.89 Å². The molecule has 0 saturated heterocycles. The van der Waals surface area contributed by atoms with E-state index in [0.717, 1.165) is 17.0 Å². The van der Waals surface area contributed by atoms with Gasteiger partial charge in [0.05, 0.1) is 0 Å². The molecule has 3 aliphatic rings. The summed E-state index contributed by atoms with van der Waals surface area (Å²) in [7, 11) is 0. The molecule has 4 heteroatoms. The number of benzene rings is 1. The zero-order chi connectivity index (χ0) is 18.4. The van der Waals surface area contributed by atoms with Crippen LogP contribution in [0.3, 0.4) is 0 Å². The predicted molar refractivity (Wildman–Crippen MR) is 123 cm³/mol. The summed E-state index contributed by atoms with van der Waals surface area (Å²) in [6.45, 7) is -1.19. The van der Waals surface area contributed by atoms with Crippen molar-refractivity contribution < 1.29 is 44.3 Å². The van der Waals surface area contributed by atoms with Crippen molar-refractivity contribution in [3.05, 3.63) is 35.9 Å². The molecule has 0 spiro atoms. The molecule has 3 aliphatic carbocycles. The fourth-order valence-corrected chi connectivity index (χ4v) is 12.9. The van der Waals surface area contributed by atoms with Crippen molar-refractivity contribution in [2.75, 3.05) is 0 Å². The molecule has 4 rings (SSSR count). The van der Waals surface area contributed by atoms with Crippen molar-refractivity contribution in [2.45, 2.75) is 113 Å². The second-order valence-corrected chi connectivity index (χ2v) is 13.5. The van der Waals surface area contributed by atoms with E-state index in [9.17, 15) is 0 Å². The first kappa shape index (κ1) is 28.5. The minimum atomic E-state index is -1.19. The standard InChI is InChI=1S/C26H39P.2ClH.Ru/c1-5-13-23(14-6-1)21-22-27(24-15-7-2-8-16-24,25-17-9-3-10-18-25)26-19-11-4-12-20-26;;;/h1,5-6,13-14,21,24-26H,2-4,7-12,15-20H2;2*1H;/q;;;+2/p-2. The maximum atomic E-state index is 4.34. The normalized spacial score (nSPS) is 21.3. The van der Waals surface area contributed by atoms with Crippen molar-refractivity contribution in [1.29, 1.82) is 0 Å². The van der Waals surface area contributed by atoms with Crippen molar-refractivity contribution in [2.24, 2.45) is 0 Å². The third-order valence-electron chi connectivity index (χ3n) is 7.79. The van der Waals surface area contributed by atoms with E-state index in [1.54, 1.807) is 0 Å². The Balaban J connectivity index is 0.00000150. The van der Waals surface area contributed by atoms with Gasteiger partial charge in [-0.3, -0.25) is 0 Å². The van der Waals surface area contributed by atoms with Gasteiger partial charge in [0.15, 0.2) is 0 Å². The molecule has 30 heavy (non-hydrogen) atoms. The Labute approximate surface area is 211 Å². The Morgan fingerprint density at radius 2 is 0.967 bits per heavy atom. The molecule has 0 aromatic heterocycles. The maximum Gasteiger partial charge on any atom is 2.00 e. The predicted octanol–water partition coefficient (Wildman–Crippen LogP) is 2.12. The van der Waals surface area contributed by atoms with Gasteiger partial charge < -0.3 is 24.8 Å². The average molecular weight is 555 g/mol. The molecule has 0 atom stereocenters. The van der Waals surface area contributed by atoms with E-state index in [2.05, 4.69) is 41.9 Å². The summed E-state index contributed by atoms with van der Waals surface area (Å²) in [5.74, 6) is 0. The molecule has 0 radical (unpaired) electrons. The maximum absolute atomic E-state index is 4.34. The second kappa shape index (κ2) is 14.6. The van der Waals surface area contributed by atoms with E-state index in [0.29, 0.717) is 0 Å². The Morgan fingerprint density at radius 3 is 1.33 bits per heavy atom. The molecule has 0 aliphatic heterocycles. The van der Waals surface area contributed by atoms with E-state index in [1.807, 2.05) is 0 Å².